The van der Waals surface area contributed by atoms with Gasteiger partial charge < -0.3 is 14.8 Å². The topological polar surface area (TPSA) is 30.5 Å². The van der Waals surface area contributed by atoms with Crippen molar-refractivity contribution in [3.63, 3.8) is 0 Å². The first-order chi connectivity index (χ1) is 8.99. The summed E-state index contributed by atoms with van der Waals surface area (Å²) in [6.45, 7) is 2.56. The summed E-state index contributed by atoms with van der Waals surface area (Å²) in [5.41, 5.74) is -0.0990. The van der Waals surface area contributed by atoms with Gasteiger partial charge in [-0.15, -0.1) is 0 Å². The van der Waals surface area contributed by atoms with Crippen LogP contribution in [-0.4, -0.2) is 44.2 Å². The smallest absolute Gasteiger partial charge is 0.381 e. The molecule has 1 unspecified atom stereocenters. The Kier molecular flexibility index (Phi) is 5.09. The van der Waals surface area contributed by atoms with Crippen LogP contribution in [0, 0.1) is 0 Å². The van der Waals surface area contributed by atoms with Crippen molar-refractivity contribution in [3.8, 4) is 0 Å². The maximum atomic E-state index is 12.0. The van der Waals surface area contributed by atoms with Crippen LogP contribution in [0.15, 0.2) is 0 Å². The predicted octanol–water partition coefficient (Wildman–Crippen LogP) is 2.65. The Hall–Kier alpha value is -0.330. The molecule has 19 heavy (non-hydrogen) atoms. The minimum absolute atomic E-state index is 0.0990. The van der Waals surface area contributed by atoms with Gasteiger partial charge in [-0.1, -0.05) is 0 Å². The quantitative estimate of drug-likeness (QED) is 0.804. The Morgan fingerprint density at radius 3 is 2.58 bits per heavy atom. The van der Waals surface area contributed by atoms with Crippen LogP contribution in [0.4, 0.5) is 13.2 Å². The van der Waals surface area contributed by atoms with Crippen molar-refractivity contribution in [2.24, 2.45) is 0 Å². The minimum atomic E-state index is -4.04. The van der Waals surface area contributed by atoms with Gasteiger partial charge in [0.05, 0.1) is 5.60 Å². The molecule has 0 amide bonds. The zero-order chi connectivity index (χ0) is 13.8. The molecule has 0 bridgehead atoms. The molecule has 0 saturated carbocycles. The third-order valence-corrected chi connectivity index (χ3v) is 3.97. The molecule has 2 heterocycles. The zero-order valence-electron chi connectivity index (χ0n) is 11.1. The normalized spacial score (nSPS) is 27.6. The number of hydrogen-bond acceptors (Lipinski definition) is 3. The molecule has 0 aromatic carbocycles. The van der Waals surface area contributed by atoms with Gasteiger partial charge in [-0.2, -0.15) is 13.2 Å². The molecule has 3 nitrogen and oxygen atoms in total. The van der Waals surface area contributed by atoms with Gasteiger partial charge >= 0.3 is 6.18 Å². The summed E-state index contributed by atoms with van der Waals surface area (Å²) in [4.78, 5) is 0. The summed E-state index contributed by atoms with van der Waals surface area (Å²) < 4.78 is 47.4. The highest BCUT2D eigenvalue weighted by Crippen LogP contribution is 2.34. The van der Waals surface area contributed by atoms with Crippen LogP contribution in [0.2, 0.25) is 0 Å². The first kappa shape index (κ1) is 15.1. The van der Waals surface area contributed by atoms with Gasteiger partial charge in [-0.05, 0) is 38.6 Å². The highest BCUT2D eigenvalue weighted by Gasteiger charge is 2.38. The number of ether oxygens (including phenoxy) is 2. The number of halogens is 3. The molecule has 2 rings (SSSR count). The highest BCUT2D eigenvalue weighted by atomic mass is 19.4. The molecular weight excluding hydrogens is 259 g/mol. The molecule has 2 aliphatic rings. The molecule has 1 atom stereocenters. The average molecular weight is 281 g/mol. The van der Waals surface area contributed by atoms with Crippen molar-refractivity contribution in [3.05, 3.63) is 0 Å². The number of rotatable bonds is 4. The maximum absolute atomic E-state index is 12.0. The van der Waals surface area contributed by atoms with E-state index in [1.165, 1.54) is 0 Å². The van der Waals surface area contributed by atoms with E-state index in [1.807, 2.05) is 0 Å². The molecule has 0 aromatic rings. The van der Waals surface area contributed by atoms with E-state index in [9.17, 15) is 13.2 Å². The summed E-state index contributed by atoms with van der Waals surface area (Å²) in [7, 11) is 0. The maximum Gasteiger partial charge on any atom is 0.389 e. The van der Waals surface area contributed by atoms with E-state index in [0.29, 0.717) is 13.2 Å². The van der Waals surface area contributed by atoms with E-state index in [2.05, 4.69) is 5.32 Å². The summed E-state index contributed by atoms with van der Waals surface area (Å²) >= 11 is 0. The highest BCUT2D eigenvalue weighted by molar-refractivity contribution is 4.91. The molecule has 0 aromatic heterocycles. The standard InChI is InChI=1S/C13H22F3NO2/c14-13(15,16)3-1-6-17-11-2-7-19-12(10-11)4-8-18-9-5-12/h11,17H,1-10H2. The molecule has 2 fully saturated rings. The third kappa shape index (κ3) is 4.93. The van der Waals surface area contributed by atoms with Crippen LogP contribution in [0.5, 0.6) is 0 Å². The molecule has 112 valence electrons. The van der Waals surface area contributed by atoms with E-state index in [1.54, 1.807) is 0 Å². The summed E-state index contributed by atoms with van der Waals surface area (Å²) in [6.07, 6.45) is -1.03. The van der Waals surface area contributed by atoms with Crippen LogP contribution in [0.3, 0.4) is 0 Å². The summed E-state index contributed by atoms with van der Waals surface area (Å²) in [6, 6.07) is 0.278. The minimum Gasteiger partial charge on any atom is -0.381 e. The summed E-state index contributed by atoms with van der Waals surface area (Å²) in [5, 5.41) is 3.24. The van der Waals surface area contributed by atoms with E-state index >= 15 is 0 Å². The van der Waals surface area contributed by atoms with Gasteiger partial charge in [0.15, 0.2) is 0 Å². The van der Waals surface area contributed by atoms with Crippen LogP contribution in [-0.2, 0) is 9.47 Å². The molecule has 2 saturated heterocycles. The third-order valence-electron chi connectivity index (χ3n) is 3.97. The Morgan fingerprint density at radius 2 is 1.89 bits per heavy atom. The first-order valence-corrected chi connectivity index (χ1v) is 7.01. The van der Waals surface area contributed by atoms with Crippen molar-refractivity contribution in [2.45, 2.75) is 56.3 Å². The van der Waals surface area contributed by atoms with Gasteiger partial charge in [-0.3, -0.25) is 0 Å². The Balaban J connectivity index is 1.69. The second kappa shape index (κ2) is 6.41. The van der Waals surface area contributed by atoms with Gasteiger partial charge in [0, 0.05) is 32.3 Å². The van der Waals surface area contributed by atoms with Crippen molar-refractivity contribution in [1.29, 1.82) is 0 Å². The number of nitrogens with one attached hydrogen (secondary N) is 1. The van der Waals surface area contributed by atoms with Gasteiger partial charge in [0.25, 0.3) is 0 Å². The molecule has 2 aliphatic heterocycles. The van der Waals surface area contributed by atoms with Gasteiger partial charge in [0.1, 0.15) is 0 Å². The fraction of sp³-hybridized carbons (Fsp3) is 1.00. The van der Waals surface area contributed by atoms with Crippen molar-refractivity contribution >= 4 is 0 Å². The zero-order valence-corrected chi connectivity index (χ0v) is 11.1. The predicted molar refractivity (Wildman–Crippen MR) is 65.0 cm³/mol. The van der Waals surface area contributed by atoms with Crippen LogP contribution < -0.4 is 5.32 Å². The SMILES string of the molecule is FC(F)(F)CCCNC1CCOC2(CCOCC2)C1. The largest absolute Gasteiger partial charge is 0.389 e. The summed E-state index contributed by atoms with van der Waals surface area (Å²) in [5.74, 6) is 0. The molecule has 6 heteroatoms. The fourth-order valence-electron chi connectivity index (χ4n) is 2.89. The molecule has 1 N–H and O–H groups in total. The lowest BCUT2D eigenvalue weighted by Gasteiger charge is -2.43. The molecular formula is C13H22F3NO2. The Morgan fingerprint density at radius 1 is 1.16 bits per heavy atom. The van der Waals surface area contributed by atoms with Gasteiger partial charge in [-0.25, -0.2) is 0 Å². The molecule has 1 spiro atoms. The van der Waals surface area contributed by atoms with E-state index in [-0.39, 0.29) is 18.1 Å². The average Bonchev–Trinajstić information content (AvgIpc) is 2.35. The lowest BCUT2D eigenvalue weighted by molar-refractivity contribution is -0.142. The second-order valence-electron chi connectivity index (χ2n) is 5.51. The van der Waals surface area contributed by atoms with E-state index < -0.39 is 12.6 Å². The second-order valence-corrected chi connectivity index (χ2v) is 5.51. The van der Waals surface area contributed by atoms with Gasteiger partial charge in [0.2, 0.25) is 0 Å². The van der Waals surface area contributed by atoms with Crippen LogP contribution in [0.1, 0.15) is 38.5 Å². The van der Waals surface area contributed by atoms with Crippen molar-refractivity contribution in [1.82, 2.24) is 5.32 Å². The molecule has 0 aliphatic carbocycles. The van der Waals surface area contributed by atoms with Crippen molar-refractivity contribution < 1.29 is 22.6 Å². The van der Waals surface area contributed by atoms with E-state index in [4.69, 9.17) is 9.47 Å². The lowest BCUT2D eigenvalue weighted by atomic mass is 9.84. The monoisotopic (exact) mass is 281 g/mol. The van der Waals surface area contributed by atoms with Crippen LogP contribution in [0.25, 0.3) is 0 Å². The molecule has 0 radical (unpaired) electrons. The van der Waals surface area contributed by atoms with Crippen molar-refractivity contribution in [2.75, 3.05) is 26.4 Å². The number of hydrogen-bond donors (Lipinski definition) is 1. The number of alkyl halides is 3. The first-order valence-electron chi connectivity index (χ1n) is 7.01. The Labute approximate surface area is 111 Å². The fourth-order valence-corrected chi connectivity index (χ4v) is 2.89. The van der Waals surface area contributed by atoms with Crippen LogP contribution >= 0.6 is 0 Å². The lowest BCUT2D eigenvalue weighted by Crippen LogP contribution is -2.50. The van der Waals surface area contributed by atoms with E-state index in [0.717, 1.165) is 38.9 Å². The Bertz CT molecular complexity index is 272.